The van der Waals surface area contributed by atoms with Gasteiger partial charge in [0.15, 0.2) is 5.01 Å². The maximum atomic E-state index is 14.0. The molecule has 2 heterocycles. The molecule has 0 aliphatic rings. The van der Waals surface area contributed by atoms with Crippen LogP contribution in [0.15, 0.2) is 36.4 Å². The van der Waals surface area contributed by atoms with Gasteiger partial charge in [-0.15, -0.1) is 11.3 Å². The van der Waals surface area contributed by atoms with E-state index in [1.54, 1.807) is 6.07 Å². The quantitative estimate of drug-likeness (QED) is 0.558. The number of aryl methyl sites for hydroxylation is 2. The Morgan fingerprint density at radius 1 is 1.23 bits per heavy atom. The van der Waals surface area contributed by atoms with Crippen molar-refractivity contribution in [1.82, 2.24) is 15.3 Å². The molecule has 6 heteroatoms. The number of hydrogen-bond acceptors (Lipinski definition) is 3. The maximum Gasteiger partial charge on any atom is 0.280 e. The molecule has 0 atom stereocenters. The van der Waals surface area contributed by atoms with E-state index in [0.29, 0.717) is 23.5 Å². The lowest BCUT2D eigenvalue weighted by molar-refractivity contribution is 0.0954. The summed E-state index contributed by atoms with van der Waals surface area (Å²) in [5, 5.41) is 4.30. The van der Waals surface area contributed by atoms with Crippen molar-refractivity contribution in [1.29, 1.82) is 0 Å². The van der Waals surface area contributed by atoms with Gasteiger partial charge in [-0.25, -0.2) is 9.37 Å². The van der Waals surface area contributed by atoms with Gasteiger partial charge in [-0.05, 0) is 49.6 Å². The van der Waals surface area contributed by atoms with E-state index in [1.807, 2.05) is 38.1 Å². The van der Waals surface area contributed by atoms with Crippen LogP contribution in [-0.4, -0.2) is 22.4 Å². The molecule has 0 aliphatic heterocycles. The first-order chi connectivity index (χ1) is 12.5. The van der Waals surface area contributed by atoms with Crippen molar-refractivity contribution in [3.05, 3.63) is 64.0 Å². The largest absolute Gasteiger partial charge is 0.356 e. The van der Waals surface area contributed by atoms with Gasteiger partial charge in [0, 0.05) is 17.6 Å². The fourth-order valence-corrected chi connectivity index (χ4v) is 4.18. The maximum absolute atomic E-state index is 14.0. The molecule has 2 aromatic heterocycles. The van der Waals surface area contributed by atoms with Crippen molar-refractivity contribution in [2.24, 2.45) is 0 Å². The topological polar surface area (TPSA) is 57.8 Å². The molecule has 1 amide bonds. The average Bonchev–Trinajstić information content (AvgIpc) is 3.20. The van der Waals surface area contributed by atoms with Gasteiger partial charge in [0.05, 0.1) is 15.7 Å². The third-order valence-electron chi connectivity index (χ3n) is 4.58. The van der Waals surface area contributed by atoms with Crippen molar-refractivity contribution in [2.45, 2.75) is 20.3 Å². The second kappa shape index (κ2) is 6.53. The van der Waals surface area contributed by atoms with Gasteiger partial charge in [-0.2, -0.15) is 0 Å². The summed E-state index contributed by atoms with van der Waals surface area (Å²) in [4.78, 5) is 19.9. The van der Waals surface area contributed by atoms with Crippen LogP contribution >= 0.6 is 11.3 Å². The van der Waals surface area contributed by atoms with E-state index in [0.717, 1.165) is 32.4 Å². The predicted octanol–water partition coefficient (Wildman–Crippen LogP) is 4.51. The number of nitrogens with zero attached hydrogens (tertiary/aromatic N) is 1. The molecule has 0 bridgehead atoms. The number of rotatable bonds is 4. The number of benzene rings is 2. The highest BCUT2D eigenvalue weighted by Gasteiger charge is 2.15. The zero-order chi connectivity index (χ0) is 18.3. The molecule has 0 unspecified atom stereocenters. The summed E-state index contributed by atoms with van der Waals surface area (Å²) < 4.78 is 15.0. The number of thiazole rings is 1. The molecule has 0 saturated heterocycles. The molecule has 26 heavy (non-hydrogen) atoms. The minimum atomic E-state index is -0.251. The first kappa shape index (κ1) is 16.7. The number of para-hydroxylation sites is 1. The fraction of sp³-hybridized carbons (Fsp3) is 0.200. The van der Waals surface area contributed by atoms with Crippen LogP contribution in [0.25, 0.3) is 21.1 Å². The van der Waals surface area contributed by atoms with Gasteiger partial charge < -0.3 is 10.3 Å². The lowest BCUT2D eigenvalue weighted by Gasteiger charge is -2.05. The molecule has 4 nitrogen and oxygen atoms in total. The van der Waals surface area contributed by atoms with Crippen molar-refractivity contribution >= 4 is 38.4 Å². The Hall–Kier alpha value is -2.73. The van der Waals surface area contributed by atoms with Crippen LogP contribution < -0.4 is 5.32 Å². The molecule has 2 aromatic carbocycles. The second-order valence-electron chi connectivity index (χ2n) is 6.34. The van der Waals surface area contributed by atoms with E-state index in [1.165, 1.54) is 17.4 Å². The Balaban J connectivity index is 1.51. The third kappa shape index (κ3) is 2.86. The molecular formula is C20H18FN3OS. The lowest BCUT2D eigenvalue weighted by Crippen LogP contribution is -2.25. The summed E-state index contributed by atoms with van der Waals surface area (Å²) >= 11 is 1.38. The van der Waals surface area contributed by atoms with Crippen LogP contribution in [0.1, 0.15) is 26.6 Å². The number of carbonyl (C=O) groups excluding carboxylic acids is 1. The van der Waals surface area contributed by atoms with Crippen LogP contribution in [0.5, 0.6) is 0 Å². The van der Waals surface area contributed by atoms with E-state index in [9.17, 15) is 9.18 Å². The predicted molar refractivity (Wildman–Crippen MR) is 103 cm³/mol. The Morgan fingerprint density at radius 3 is 2.85 bits per heavy atom. The number of fused-ring (bicyclic) bond motifs is 2. The standard InChI is InChI=1S/C20H18FN3OS/c1-11-7-8-14(21)18-17(11)13(12(2)23-18)9-10-22-19(25)20-24-15-5-3-4-6-16(15)26-20/h3-8,23H,9-10H2,1-2H3,(H,22,25). The minimum Gasteiger partial charge on any atom is -0.356 e. The average molecular weight is 367 g/mol. The highest BCUT2D eigenvalue weighted by molar-refractivity contribution is 7.20. The van der Waals surface area contributed by atoms with Gasteiger partial charge in [-0.3, -0.25) is 4.79 Å². The molecule has 0 fully saturated rings. The lowest BCUT2D eigenvalue weighted by atomic mass is 10.0. The number of aromatic amines is 1. The first-order valence-electron chi connectivity index (χ1n) is 8.44. The fourth-order valence-electron chi connectivity index (χ4n) is 3.30. The van der Waals surface area contributed by atoms with Gasteiger partial charge >= 0.3 is 0 Å². The summed E-state index contributed by atoms with van der Waals surface area (Å²) in [5.74, 6) is -0.426. The highest BCUT2D eigenvalue weighted by atomic mass is 32.1. The summed E-state index contributed by atoms with van der Waals surface area (Å²) in [6.07, 6.45) is 0.632. The third-order valence-corrected chi connectivity index (χ3v) is 5.61. The summed E-state index contributed by atoms with van der Waals surface area (Å²) in [5.41, 5.74) is 4.37. The molecule has 0 aliphatic carbocycles. The molecule has 4 aromatic rings. The summed E-state index contributed by atoms with van der Waals surface area (Å²) in [6.45, 7) is 4.38. The van der Waals surface area contributed by atoms with Gasteiger partial charge in [0.1, 0.15) is 5.82 Å². The van der Waals surface area contributed by atoms with E-state index in [2.05, 4.69) is 15.3 Å². The van der Waals surface area contributed by atoms with Crippen LogP contribution in [0.4, 0.5) is 4.39 Å². The molecule has 0 saturated carbocycles. The smallest absolute Gasteiger partial charge is 0.280 e. The Morgan fingerprint density at radius 2 is 2.04 bits per heavy atom. The SMILES string of the molecule is Cc1[nH]c2c(F)ccc(C)c2c1CCNC(=O)c1nc2ccccc2s1. The number of H-pyrrole nitrogens is 1. The number of halogens is 1. The Bertz CT molecular complexity index is 1100. The van der Waals surface area contributed by atoms with E-state index < -0.39 is 0 Å². The van der Waals surface area contributed by atoms with E-state index in [4.69, 9.17) is 0 Å². The zero-order valence-electron chi connectivity index (χ0n) is 14.5. The van der Waals surface area contributed by atoms with Crippen molar-refractivity contribution < 1.29 is 9.18 Å². The van der Waals surface area contributed by atoms with Gasteiger partial charge in [0.25, 0.3) is 5.91 Å². The molecular weight excluding hydrogens is 349 g/mol. The monoisotopic (exact) mass is 367 g/mol. The van der Waals surface area contributed by atoms with Crippen molar-refractivity contribution in [3.63, 3.8) is 0 Å². The number of carbonyl (C=O) groups is 1. The Kier molecular flexibility index (Phi) is 4.20. The number of amides is 1. The molecule has 132 valence electrons. The van der Waals surface area contributed by atoms with Gasteiger partial charge in [-0.1, -0.05) is 18.2 Å². The summed E-state index contributed by atoms with van der Waals surface area (Å²) in [6, 6.07) is 11.0. The van der Waals surface area contributed by atoms with Crippen LogP contribution in [0.2, 0.25) is 0 Å². The molecule has 0 spiro atoms. The van der Waals surface area contributed by atoms with Crippen LogP contribution in [0.3, 0.4) is 0 Å². The first-order valence-corrected chi connectivity index (χ1v) is 9.26. The highest BCUT2D eigenvalue weighted by Crippen LogP contribution is 2.28. The van der Waals surface area contributed by atoms with Crippen LogP contribution in [0, 0.1) is 19.7 Å². The molecule has 4 rings (SSSR count). The molecule has 0 radical (unpaired) electrons. The van der Waals surface area contributed by atoms with E-state index >= 15 is 0 Å². The van der Waals surface area contributed by atoms with Crippen molar-refractivity contribution in [3.8, 4) is 0 Å². The minimum absolute atomic E-state index is 0.174. The normalized spacial score (nSPS) is 11.3. The molecule has 2 N–H and O–H groups in total. The van der Waals surface area contributed by atoms with Crippen LogP contribution in [-0.2, 0) is 6.42 Å². The van der Waals surface area contributed by atoms with E-state index in [-0.39, 0.29) is 11.7 Å². The zero-order valence-corrected chi connectivity index (χ0v) is 15.3. The number of nitrogens with one attached hydrogen (secondary N) is 2. The van der Waals surface area contributed by atoms with Gasteiger partial charge in [0.2, 0.25) is 0 Å². The Labute approximate surface area is 154 Å². The second-order valence-corrected chi connectivity index (χ2v) is 7.37. The van der Waals surface area contributed by atoms with Crippen molar-refractivity contribution in [2.75, 3.05) is 6.54 Å². The summed E-state index contributed by atoms with van der Waals surface area (Å²) in [7, 11) is 0. The number of hydrogen-bond donors (Lipinski definition) is 2. The number of aromatic nitrogens is 2.